The molecule has 1 aromatic rings. The van der Waals surface area contributed by atoms with Crippen molar-refractivity contribution in [2.45, 2.75) is 0 Å². The van der Waals surface area contributed by atoms with Gasteiger partial charge in [-0.3, -0.25) is 0 Å². The molecule has 0 radical (unpaired) electrons. The lowest BCUT2D eigenvalue weighted by Gasteiger charge is -2.02. The van der Waals surface area contributed by atoms with E-state index >= 15 is 0 Å². The smallest absolute Gasteiger partial charge is 0.316 e. The highest BCUT2D eigenvalue weighted by atomic mass is 35.5. The molecule has 0 atom stereocenters. The molecule has 0 saturated heterocycles. The molecule has 12 heavy (non-hydrogen) atoms. The first-order valence-electron chi connectivity index (χ1n) is 2.83. The molecular weight excluding hydrogens is 198 g/mol. The average molecular weight is 205 g/mol. The van der Waals surface area contributed by atoms with E-state index in [0.29, 0.717) is 0 Å². The second-order valence-electron chi connectivity index (χ2n) is 1.90. The molecule has 5 heteroatoms. The standard InChI is InChI=1S/C7H5ClF2O.Mg.2H/c1-11-6-3-4(9)2-5(8)7(6)10;;;/h2-3H,1H3;;;. The molecule has 0 saturated carbocycles. The zero-order valence-electron chi connectivity index (χ0n) is 5.70. The molecule has 0 aromatic heterocycles. The second-order valence-corrected chi connectivity index (χ2v) is 2.31. The van der Waals surface area contributed by atoms with Crippen LogP contribution in [-0.4, -0.2) is 30.2 Å². The highest BCUT2D eigenvalue weighted by Gasteiger charge is 2.08. The molecule has 1 nitrogen and oxygen atoms in total. The van der Waals surface area contributed by atoms with Gasteiger partial charge in [0.2, 0.25) is 0 Å². The summed E-state index contributed by atoms with van der Waals surface area (Å²) in [5, 5.41) is -0.276. The van der Waals surface area contributed by atoms with E-state index in [2.05, 4.69) is 4.74 Å². The lowest BCUT2D eigenvalue weighted by atomic mass is 10.3. The van der Waals surface area contributed by atoms with Crippen LogP contribution in [0.3, 0.4) is 0 Å². The van der Waals surface area contributed by atoms with Gasteiger partial charge < -0.3 is 4.74 Å². The topological polar surface area (TPSA) is 9.23 Å². The zero-order valence-corrected chi connectivity index (χ0v) is 6.45. The minimum absolute atomic E-state index is 0. The Kier molecular flexibility index (Phi) is 4.81. The van der Waals surface area contributed by atoms with Crippen LogP contribution < -0.4 is 4.74 Å². The summed E-state index contributed by atoms with van der Waals surface area (Å²) in [6, 6.07) is 1.82. The van der Waals surface area contributed by atoms with Gasteiger partial charge in [0.15, 0.2) is 11.6 Å². The van der Waals surface area contributed by atoms with E-state index in [-0.39, 0.29) is 33.8 Å². The van der Waals surface area contributed by atoms with Crippen LogP contribution in [0.25, 0.3) is 0 Å². The second kappa shape index (κ2) is 4.84. The van der Waals surface area contributed by atoms with Gasteiger partial charge in [0.1, 0.15) is 5.82 Å². The Morgan fingerprint density at radius 1 is 1.33 bits per heavy atom. The predicted molar refractivity (Wildman–Crippen MR) is 46.5 cm³/mol. The third-order valence-corrected chi connectivity index (χ3v) is 1.45. The largest absolute Gasteiger partial charge is 0.494 e. The van der Waals surface area contributed by atoms with E-state index in [1.165, 1.54) is 7.11 Å². The van der Waals surface area contributed by atoms with Gasteiger partial charge in [0.25, 0.3) is 0 Å². The van der Waals surface area contributed by atoms with Gasteiger partial charge in [-0.25, -0.2) is 8.78 Å². The molecule has 0 fully saturated rings. The first-order valence-corrected chi connectivity index (χ1v) is 3.21. The van der Waals surface area contributed by atoms with E-state index in [1.54, 1.807) is 0 Å². The SMILES string of the molecule is COc1cc(F)cc(Cl)c1F.[MgH2]. The molecule has 1 aromatic carbocycles. The van der Waals surface area contributed by atoms with Crippen molar-refractivity contribution in [3.63, 3.8) is 0 Å². The van der Waals surface area contributed by atoms with Crippen LogP contribution in [0.4, 0.5) is 8.78 Å². The van der Waals surface area contributed by atoms with E-state index < -0.39 is 11.6 Å². The van der Waals surface area contributed by atoms with Crippen LogP contribution in [-0.2, 0) is 0 Å². The maximum Gasteiger partial charge on any atom is 0.316 e. The van der Waals surface area contributed by atoms with Crippen molar-refractivity contribution >= 4 is 34.7 Å². The van der Waals surface area contributed by atoms with E-state index in [0.717, 1.165) is 12.1 Å². The van der Waals surface area contributed by atoms with Crippen molar-refractivity contribution in [1.82, 2.24) is 0 Å². The molecular formula is C7H7ClF2MgO. The molecule has 0 unspecified atom stereocenters. The third kappa shape index (κ3) is 2.47. The van der Waals surface area contributed by atoms with Crippen LogP contribution in [0.15, 0.2) is 12.1 Å². The van der Waals surface area contributed by atoms with Crippen LogP contribution >= 0.6 is 11.6 Å². The quantitative estimate of drug-likeness (QED) is 0.500. The van der Waals surface area contributed by atoms with Crippen molar-refractivity contribution in [3.05, 3.63) is 28.8 Å². The van der Waals surface area contributed by atoms with E-state index in [1.807, 2.05) is 0 Å². The fraction of sp³-hybridized carbons (Fsp3) is 0.143. The fourth-order valence-electron chi connectivity index (χ4n) is 0.681. The molecule has 0 spiro atoms. The van der Waals surface area contributed by atoms with Gasteiger partial charge in [-0.1, -0.05) is 11.6 Å². The van der Waals surface area contributed by atoms with E-state index in [4.69, 9.17) is 11.6 Å². The van der Waals surface area contributed by atoms with Gasteiger partial charge in [-0.15, -0.1) is 0 Å². The number of halogens is 3. The maximum absolute atomic E-state index is 12.8. The Balaban J connectivity index is 0.00000121. The van der Waals surface area contributed by atoms with Gasteiger partial charge >= 0.3 is 23.1 Å². The number of methoxy groups -OCH3 is 1. The van der Waals surface area contributed by atoms with E-state index in [9.17, 15) is 8.78 Å². The fourth-order valence-corrected chi connectivity index (χ4v) is 0.878. The molecule has 0 aliphatic heterocycles. The van der Waals surface area contributed by atoms with Crippen molar-refractivity contribution in [2.24, 2.45) is 0 Å². The molecule has 0 aliphatic carbocycles. The molecule has 0 aliphatic rings. The van der Waals surface area contributed by atoms with Crippen LogP contribution in [0.2, 0.25) is 5.02 Å². The van der Waals surface area contributed by atoms with Gasteiger partial charge in [-0.05, 0) is 6.07 Å². The van der Waals surface area contributed by atoms with Crippen LogP contribution in [0.1, 0.15) is 0 Å². The first-order chi connectivity index (χ1) is 5.15. The summed E-state index contributed by atoms with van der Waals surface area (Å²) in [7, 11) is 1.24. The Morgan fingerprint density at radius 3 is 2.42 bits per heavy atom. The highest BCUT2D eigenvalue weighted by molar-refractivity contribution is 6.30. The summed E-state index contributed by atoms with van der Waals surface area (Å²) < 4.78 is 29.7. The number of hydrogen-bond donors (Lipinski definition) is 0. The Morgan fingerprint density at radius 2 is 1.92 bits per heavy atom. The van der Waals surface area contributed by atoms with Gasteiger partial charge in [0, 0.05) is 6.07 Å². The molecule has 64 valence electrons. The zero-order chi connectivity index (χ0) is 8.43. The minimum atomic E-state index is -0.740. The summed E-state index contributed by atoms with van der Waals surface area (Å²) >= 11 is 5.30. The molecule has 1 rings (SSSR count). The minimum Gasteiger partial charge on any atom is -0.494 e. The van der Waals surface area contributed by atoms with Crippen molar-refractivity contribution in [2.75, 3.05) is 7.11 Å². The maximum atomic E-state index is 12.8. The number of ether oxygens (including phenoxy) is 1. The number of hydrogen-bond acceptors (Lipinski definition) is 1. The van der Waals surface area contributed by atoms with Crippen LogP contribution in [0, 0.1) is 11.6 Å². The summed E-state index contributed by atoms with van der Waals surface area (Å²) in [5.74, 6) is -1.54. The highest BCUT2D eigenvalue weighted by Crippen LogP contribution is 2.25. The monoisotopic (exact) mass is 204 g/mol. The lowest BCUT2D eigenvalue weighted by Crippen LogP contribution is -1.90. The first kappa shape index (κ1) is 11.9. The van der Waals surface area contributed by atoms with Crippen LogP contribution in [0.5, 0.6) is 5.75 Å². The number of benzene rings is 1. The van der Waals surface area contributed by atoms with Crippen molar-refractivity contribution in [3.8, 4) is 5.75 Å². The summed E-state index contributed by atoms with van der Waals surface area (Å²) in [6.07, 6.45) is 0. The molecule has 0 amide bonds. The van der Waals surface area contributed by atoms with Gasteiger partial charge in [0.05, 0.1) is 12.1 Å². The Bertz CT molecular complexity index is 280. The lowest BCUT2D eigenvalue weighted by molar-refractivity contribution is 0.383. The molecule has 0 heterocycles. The van der Waals surface area contributed by atoms with Crippen molar-refractivity contribution in [1.29, 1.82) is 0 Å². The predicted octanol–water partition coefficient (Wildman–Crippen LogP) is 1.71. The van der Waals surface area contributed by atoms with Crippen molar-refractivity contribution < 1.29 is 13.5 Å². The summed E-state index contributed by atoms with van der Waals surface area (Å²) in [4.78, 5) is 0. The normalized spacial score (nSPS) is 9.00. The molecule has 0 bridgehead atoms. The summed E-state index contributed by atoms with van der Waals surface area (Å²) in [5.41, 5.74) is 0. The Hall–Kier alpha value is -0.0638. The number of rotatable bonds is 1. The summed E-state index contributed by atoms with van der Waals surface area (Å²) in [6.45, 7) is 0. The third-order valence-electron chi connectivity index (χ3n) is 1.18. The molecule has 0 N–H and O–H groups in total. The Labute approximate surface area is 89.8 Å². The van der Waals surface area contributed by atoms with Gasteiger partial charge in [-0.2, -0.15) is 0 Å². The average Bonchev–Trinajstić information content (AvgIpc) is 1.96.